The molecule has 5 nitrogen and oxygen atoms in total. The average molecular weight is 411 g/mol. The van der Waals surface area contributed by atoms with Crippen LogP contribution in [0.4, 0.5) is 0 Å². The van der Waals surface area contributed by atoms with Crippen molar-refractivity contribution in [3.63, 3.8) is 0 Å². The number of halogens is 1. The first-order valence-electron chi connectivity index (χ1n) is 7.32. The van der Waals surface area contributed by atoms with Crippen LogP contribution in [0.3, 0.4) is 0 Å². The van der Waals surface area contributed by atoms with Gasteiger partial charge in [0, 0.05) is 22.6 Å². The summed E-state index contributed by atoms with van der Waals surface area (Å²) in [6.07, 6.45) is 0.871. The first-order valence-corrected chi connectivity index (χ1v) is 9.10. The molecule has 7 heteroatoms. The molecule has 1 aromatic carbocycles. The maximum absolute atomic E-state index is 10.0. The molecule has 23 heavy (non-hydrogen) atoms. The molecule has 0 saturated carbocycles. The molecule has 0 unspecified atom stereocenters. The second-order valence-corrected chi connectivity index (χ2v) is 5.87. The van der Waals surface area contributed by atoms with Crippen molar-refractivity contribution in [1.29, 1.82) is 0 Å². The first kappa shape index (κ1) is 24.8. The minimum Gasteiger partial charge on any atom is -0.394 e. The number of carbonyl (C=O) groups is 1. The van der Waals surface area contributed by atoms with E-state index in [1.54, 1.807) is 0 Å². The van der Waals surface area contributed by atoms with E-state index >= 15 is 0 Å². The van der Waals surface area contributed by atoms with Crippen molar-refractivity contribution >= 4 is 34.0 Å². The Hall–Kier alpha value is -0.440. The Labute approximate surface area is 151 Å². The lowest BCUT2D eigenvalue weighted by Gasteiger charge is -2.09. The summed E-state index contributed by atoms with van der Waals surface area (Å²) in [5, 5.41) is 15.2. The number of rotatable bonds is 8. The quantitative estimate of drug-likeness (QED) is 0.389. The fourth-order valence-corrected chi connectivity index (χ4v) is 2.40. The van der Waals surface area contributed by atoms with Gasteiger partial charge in [0.25, 0.3) is 0 Å². The predicted molar refractivity (Wildman–Crippen MR) is 97.8 cm³/mol. The molecule has 0 radical (unpaired) electrons. The van der Waals surface area contributed by atoms with Gasteiger partial charge in [-0.2, -0.15) is 0 Å². The van der Waals surface area contributed by atoms with Crippen molar-refractivity contribution in [3.8, 4) is 0 Å². The maximum atomic E-state index is 10.0. The van der Waals surface area contributed by atoms with Gasteiger partial charge in [-0.3, -0.25) is 0 Å². The first-order chi connectivity index (χ1) is 11.0. The Morgan fingerprint density at radius 3 is 2.17 bits per heavy atom. The molecule has 0 aliphatic rings. The fraction of sp³-hybridized carbons (Fsp3) is 0.562. The average Bonchev–Trinajstić information content (AvgIpc) is 2.54. The Morgan fingerprint density at radius 2 is 1.78 bits per heavy atom. The minimum absolute atomic E-state index is 0.0370. The Balaban J connectivity index is 0. The zero-order valence-corrected chi connectivity index (χ0v) is 16.3. The number of aliphatic hydroxyl groups excluding tert-OH is 2. The molecule has 0 fully saturated rings. The number of aliphatic hydroxyl groups is 2. The highest BCUT2D eigenvalue weighted by Crippen LogP contribution is 2.20. The minimum atomic E-state index is -0.125. The van der Waals surface area contributed by atoms with Crippen molar-refractivity contribution in [1.82, 2.24) is 0 Å². The SMILES string of the molecule is CCOC(C)OCC.O=CCSc1cccc(Br)c1.OCCO. The number of hydrogen-bond acceptors (Lipinski definition) is 6. The van der Waals surface area contributed by atoms with Gasteiger partial charge in [-0.05, 0) is 39.0 Å². The van der Waals surface area contributed by atoms with Crippen LogP contribution >= 0.6 is 27.7 Å². The topological polar surface area (TPSA) is 76.0 Å². The molecule has 2 N–H and O–H groups in total. The van der Waals surface area contributed by atoms with E-state index in [0.29, 0.717) is 5.75 Å². The molecule has 0 saturated heterocycles. The molecule has 1 rings (SSSR count). The Kier molecular flexibility index (Phi) is 21.1. The maximum Gasteiger partial charge on any atom is 0.154 e. The zero-order valence-electron chi connectivity index (χ0n) is 13.9. The van der Waals surface area contributed by atoms with Crippen molar-refractivity contribution in [2.45, 2.75) is 32.0 Å². The van der Waals surface area contributed by atoms with Crippen LogP contribution < -0.4 is 0 Å². The molecule has 1 aromatic rings. The van der Waals surface area contributed by atoms with Crippen LogP contribution in [-0.2, 0) is 14.3 Å². The summed E-state index contributed by atoms with van der Waals surface area (Å²) in [4.78, 5) is 11.1. The van der Waals surface area contributed by atoms with Gasteiger partial charge in [-0.15, -0.1) is 11.8 Å². The number of benzene rings is 1. The highest BCUT2D eigenvalue weighted by Gasteiger charge is 1.95. The van der Waals surface area contributed by atoms with Crippen molar-refractivity contribution in [2.24, 2.45) is 0 Å². The Morgan fingerprint density at radius 1 is 1.22 bits per heavy atom. The van der Waals surface area contributed by atoms with Crippen molar-refractivity contribution in [3.05, 3.63) is 28.7 Å². The Bertz CT molecular complexity index is 371. The number of carbonyl (C=O) groups excluding carboxylic acids is 1. The lowest BCUT2D eigenvalue weighted by atomic mass is 10.4. The number of ether oxygens (including phenoxy) is 2. The van der Waals surface area contributed by atoms with Gasteiger partial charge in [-0.1, -0.05) is 22.0 Å². The van der Waals surface area contributed by atoms with Gasteiger partial charge in [0.1, 0.15) is 6.29 Å². The second-order valence-electron chi connectivity index (χ2n) is 3.86. The van der Waals surface area contributed by atoms with Gasteiger partial charge in [-0.25, -0.2) is 0 Å². The molecule has 0 atom stereocenters. The van der Waals surface area contributed by atoms with E-state index in [1.165, 1.54) is 11.8 Å². The van der Waals surface area contributed by atoms with E-state index in [9.17, 15) is 4.79 Å². The highest BCUT2D eigenvalue weighted by atomic mass is 79.9. The van der Waals surface area contributed by atoms with Gasteiger partial charge < -0.3 is 24.5 Å². The van der Waals surface area contributed by atoms with Gasteiger partial charge in [0.05, 0.1) is 19.0 Å². The second kappa shape index (κ2) is 19.6. The molecule has 134 valence electrons. The van der Waals surface area contributed by atoms with E-state index in [1.807, 2.05) is 45.0 Å². The molecule has 0 aliphatic carbocycles. The fourth-order valence-electron chi connectivity index (χ4n) is 1.20. The van der Waals surface area contributed by atoms with Crippen LogP contribution in [-0.4, -0.2) is 55.0 Å². The molecule has 0 heterocycles. The molecule has 0 amide bonds. The van der Waals surface area contributed by atoms with Gasteiger partial charge in [0.15, 0.2) is 6.29 Å². The van der Waals surface area contributed by atoms with E-state index in [0.717, 1.165) is 28.9 Å². The van der Waals surface area contributed by atoms with E-state index in [2.05, 4.69) is 15.9 Å². The van der Waals surface area contributed by atoms with Crippen LogP contribution in [0.1, 0.15) is 20.8 Å². The lowest BCUT2D eigenvalue weighted by Crippen LogP contribution is -2.11. The van der Waals surface area contributed by atoms with E-state index in [4.69, 9.17) is 19.7 Å². The van der Waals surface area contributed by atoms with Crippen molar-refractivity contribution in [2.75, 3.05) is 32.2 Å². The standard InChI is InChI=1S/C8H7BrOS.C6H14O2.C2H6O2/c9-7-2-1-3-8(6-7)11-5-4-10;1-4-7-6(3)8-5-2;3-1-2-4/h1-4,6H,5H2;6H,4-5H2,1-3H3;3-4H,1-2H2. The van der Waals surface area contributed by atoms with Crippen LogP contribution in [0.5, 0.6) is 0 Å². The molecule has 0 spiro atoms. The summed E-state index contributed by atoms with van der Waals surface area (Å²) in [6, 6.07) is 7.90. The van der Waals surface area contributed by atoms with E-state index < -0.39 is 0 Å². The third-order valence-corrected chi connectivity index (χ3v) is 3.40. The third kappa shape index (κ3) is 19.5. The van der Waals surface area contributed by atoms with Crippen molar-refractivity contribution < 1.29 is 24.5 Å². The summed E-state index contributed by atoms with van der Waals surface area (Å²) < 4.78 is 11.2. The summed E-state index contributed by atoms with van der Waals surface area (Å²) >= 11 is 4.89. The number of aldehydes is 1. The summed E-state index contributed by atoms with van der Waals surface area (Å²) in [5.74, 6) is 0.524. The molecular formula is C16H27BrO5S. The van der Waals surface area contributed by atoms with Gasteiger partial charge in [0.2, 0.25) is 0 Å². The van der Waals surface area contributed by atoms with E-state index in [-0.39, 0.29) is 19.5 Å². The summed E-state index contributed by atoms with van der Waals surface area (Å²) in [6.45, 7) is 7.00. The third-order valence-electron chi connectivity index (χ3n) is 2.02. The largest absolute Gasteiger partial charge is 0.394 e. The van der Waals surface area contributed by atoms with Crippen LogP contribution in [0, 0.1) is 0 Å². The molecular weight excluding hydrogens is 384 g/mol. The number of hydrogen-bond donors (Lipinski definition) is 2. The normalized spacial score (nSPS) is 9.52. The van der Waals surface area contributed by atoms with Crippen LogP contribution in [0.15, 0.2) is 33.6 Å². The van der Waals surface area contributed by atoms with Crippen LogP contribution in [0.2, 0.25) is 0 Å². The molecule has 0 bridgehead atoms. The smallest absolute Gasteiger partial charge is 0.154 e. The zero-order chi connectivity index (χ0) is 17.9. The van der Waals surface area contributed by atoms with Crippen LogP contribution in [0.25, 0.3) is 0 Å². The summed E-state index contributed by atoms with van der Waals surface area (Å²) in [5.41, 5.74) is 0. The predicted octanol–water partition coefficient (Wildman–Crippen LogP) is 3.12. The lowest BCUT2D eigenvalue weighted by molar-refractivity contribution is -0.123. The molecule has 0 aliphatic heterocycles. The molecule has 0 aromatic heterocycles. The van der Waals surface area contributed by atoms with Gasteiger partial charge >= 0.3 is 0 Å². The monoisotopic (exact) mass is 410 g/mol. The highest BCUT2D eigenvalue weighted by molar-refractivity contribution is 9.10. The number of thioether (sulfide) groups is 1. The summed E-state index contributed by atoms with van der Waals surface area (Å²) in [7, 11) is 0.